The summed E-state index contributed by atoms with van der Waals surface area (Å²) in [4.78, 5) is 15.4. The van der Waals surface area contributed by atoms with Gasteiger partial charge in [0, 0.05) is 45.0 Å². The molecule has 2 aliphatic rings. The van der Waals surface area contributed by atoms with Crippen LogP contribution in [0.4, 0.5) is 0 Å². The minimum absolute atomic E-state index is 0.0354. The number of aromatic nitrogens is 1. The molecule has 13 heteroatoms. The minimum atomic E-state index is -4.37. The molecule has 3 heterocycles. The van der Waals surface area contributed by atoms with Crippen molar-refractivity contribution in [1.29, 1.82) is 0 Å². The van der Waals surface area contributed by atoms with Crippen LogP contribution in [0, 0.1) is 5.92 Å². The molecule has 0 saturated carbocycles. The van der Waals surface area contributed by atoms with E-state index in [0.717, 1.165) is 23.1 Å². The maximum atomic E-state index is 13.1. The Balaban J connectivity index is 1.34. The fourth-order valence-corrected chi connectivity index (χ4v) is 6.95. The Kier molecular flexibility index (Phi) is 7.64. The molecule has 1 fully saturated rings. The van der Waals surface area contributed by atoms with Crippen molar-refractivity contribution in [1.82, 2.24) is 17.9 Å². The molecule has 1 aromatic heterocycles. The Bertz CT molecular complexity index is 1310. The second kappa shape index (κ2) is 10.4. The Morgan fingerprint density at radius 2 is 1.66 bits per heavy atom. The van der Waals surface area contributed by atoms with Crippen LogP contribution in [0.5, 0.6) is 5.75 Å². The molecule has 0 aliphatic carbocycles. The van der Waals surface area contributed by atoms with Crippen LogP contribution >= 0.6 is 0 Å². The van der Waals surface area contributed by atoms with Crippen molar-refractivity contribution >= 4 is 20.4 Å². The van der Waals surface area contributed by atoms with E-state index in [1.54, 1.807) is 10.6 Å². The van der Waals surface area contributed by atoms with Gasteiger partial charge >= 0.3 is 0 Å². The maximum Gasteiger partial charge on any atom is 0.293 e. The topological polar surface area (TPSA) is 144 Å². The van der Waals surface area contributed by atoms with Gasteiger partial charge in [0.05, 0.1) is 6.61 Å². The van der Waals surface area contributed by atoms with Crippen molar-refractivity contribution in [3.05, 3.63) is 63.6 Å². The number of fused-ring (bicyclic) bond motifs is 1. The van der Waals surface area contributed by atoms with Crippen molar-refractivity contribution in [2.24, 2.45) is 11.1 Å². The Hall–Kier alpha value is -2.29. The number of benzene rings is 1. The zero-order chi connectivity index (χ0) is 25.2. The van der Waals surface area contributed by atoms with E-state index in [0.29, 0.717) is 25.9 Å². The van der Waals surface area contributed by atoms with Crippen molar-refractivity contribution in [3.8, 4) is 5.75 Å². The quantitative estimate of drug-likeness (QED) is 0.485. The molecule has 0 radical (unpaired) electrons. The number of nitrogens with two attached hydrogens (primary N) is 1. The third kappa shape index (κ3) is 6.29. The Morgan fingerprint density at radius 3 is 2.23 bits per heavy atom. The molecule has 192 valence electrons. The monoisotopic (exact) mass is 525 g/mol. The first-order valence-electron chi connectivity index (χ1n) is 11.5. The van der Waals surface area contributed by atoms with E-state index in [4.69, 9.17) is 9.88 Å². The highest BCUT2D eigenvalue weighted by molar-refractivity contribution is 8.02. The number of ether oxygens (including phenoxy) is 1. The predicted octanol–water partition coefficient (Wildman–Crippen LogP) is 0.513. The molecular weight excluding hydrogens is 494 g/mol. The first-order valence-corrected chi connectivity index (χ1v) is 14.5. The van der Waals surface area contributed by atoms with Gasteiger partial charge in [0.25, 0.3) is 26.0 Å². The van der Waals surface area contributed by atoms with Crippen molar-refractivity contribution in [2.45, 2.75) is 45.9 Å². The number of rotatable bonds is 9. The average Bonchev–Trinajstić information content (AvgIpc) is 3.20. The van der Waals surface area contributed by atoms with Gasteiger partial charge in [-0.05, 0) is 48.9 Å². The number of piperidine rings is 1. The van der Waals surface area contributed by atoms with Crippen LogP contribution in [0.1, 0.15) is 36.6 Å². The van der Waals surface area contributed by atoms with Crippen LogP contribution in [0.2, 0.25) is 0 Å². The highest BCUT2D eigenvalue weighted by Gasteiger charge is 2.30. The number of nitrogens with zero attached hydrogens (tertiary/aromatic N) is 3. The minimum Gasteiger partial charge on any atom is -0.488 e. The van der Waals surface area contributed by atoms with E-state index in [2.05, 4.69) is 17.0 Å². The normalized spacial score (nSPS) is 18.0. The lowest BCUT2D eigenvalue weighted by molar-refractivity contribution is 0.182. The van der Waals surface area contributed by atoms with Gasteiger partial charge in [-0.3, -0.25) is 9.69 Å². The molecule has 1 saturated heterocycles. The van der Waals surface area contributed by atoms with Crippen LogP contribution in [-0.2, 0) is 46.6 Å². The van der Waals surface area contributed by atoms with Crippen LogP contribution in [0.3, 0.4) is 0 Å². The van der Waals surface area contributed by atoms with Crippen LogP contribution in [0.15, 0.2) is 41.2 Å². The molecule has 3 N–H and O–H groups in total. The zero-order valence-electron chi connectivity index (χ0n) is 19.6. The first kappa shape index (κ1) is 25.8. The van der Waals surface area contributed by atoms with E-state index in [1.807, 2.05) is 25.1 Å². The summed E-state index contributed by atoms with van der Waals surface area (Å²) >= 11 is 0. The van der Waals surface area contributed by atoms with Crippen molar-refractivity contribution in [2.75, 3.05) is 19.7 Å². The van der Waals surface area contributed by atoms with Gasteiger partial charge < -0.3 is 9.30 Å². The molecule has 2 aromatic rings. The molecule has 2 aliphatic heterocycles. The summed E-state index contributed by atoms with van der Waals surface area (Å²) < 4.78 is 56.4. The van der Waals surface area contributed by atoms with E-state index in [1.165, 1.54) is 15.3 Å². The highest BCUT2D eigenvalue weighted by Crippen LogP contribution is 2.24. The van der Waals surface area contributed by atoms with E-state index >= 15 is 0 Å². The fourth-order valence-electron chi connectivity index (χ4n) is 4.66. The summed E-state index contributed by atoms with van der Waals surface area (Å²) in [6, 6.07) is 12.0. The van der Waals surface area contributed by atoms with Gasteiger partial charge in [0.2, 0.25) is 0 Å². The molecule has 0 spiro atoms. The molecule has 0 bridgehead atoms. The molecule has 0 amide bonds. The standard InChI is InChI=1S/C22H31N5O6S2/c1-2-27-20(15-25-13-18-5-3-4-6-19(18)14-25)7-8-21(22(27)28)33-16-17-9-11-26(12-10-17)35(31,32)24-34(23,29)30/h3-8,17,24H,2,9-16H2,1H3,(H2,23,29,30). The predicted molar refractivity (Wildman–Crippen MR) is 131 cm³/mol. The smallest absolute Gasteiger partial charge is 0.293 e. The molecule has 4 rings (SSSR count). The van der Waals surface area contributed by atoms with E-state index in [9.17, 15) is 21.6 Å². The van der Waals surface area contributed by atoms with Gasteiger partial charge in [-0.2, -0.15) is 21.1 Å². The second-order valence-corrected chi connectivity index (χ2v) is 12.2. The Morgan fingerprint density at radius 1 is 1.03 bits per heavy atom. The number of hydrogen-bond acceptors (Lipinski definition) is 7. The average molecular weight is 526 g/mol. The molecule has 0 unspecified atom stereocenters. The van der Waals surface area contributed by atoms with Crippen molar-refractivity contribution < 1.29 is 21.6 Å². The zero-order valence-corrected chi connectivity index (χ0v) is 21.2. The Labute approximate surface area is 205 Å². The van der Waals surface area contributed by atoms with Crippen LogP contribution in [-0.4, -0.2) is 50.3 Å². The first-order chi connectivity index (χ1) is 16.6. The second-order valence-electron chi connectivity index (χ2n) is 8.94. The van der Waals surface area contributed by atoms with Gasteiger partial charge in [-0.15, -0.1) is 0 Å². The molecular formula is C22H31N5O6S2. The lowest BCUT2D eigenvalue weighted by Crippen LogP contribution is -2.49. The summed E-state index contributed by atoms with van der Waals surface area (Å²) in [6.07, 6.45) is 0.947. The summed E-state index contributed by atoms with van der Waals surface area (Å²) in [6.45, 7) is 5.37. The largest absolute Gasteiger partial charge is 0.488 e. The molecule has 35 heavy (non-hydrogen) atoms. The van der Waals surface area contributed by atoms with E-state index in [-0.39, 0.29) is 36.9 Å². The lowest BCUT2D eigenvalue weighted by atomic mass is 9.99. The van der Waals surface area contributed by atoms with Crippen LogP contribution in [0.25, 0.3) is 0 Å². The third-order valence-electron chi connectivity index (χ3n) is 6.45. The lowest BCUT2D eigenvalue weighted by Gasteiger charge is -2.30. The summed E-state index contributed by atoms with van der Waals surface area (Å²) in [5.74, 6) is 0.305. The third-order valence-corrected chi connectivity index (χ3v) is 9.26. The number of nitrogens with one attached hydrogen (secondary N) is 1. The molecule has 11 nitrogen and oxygen atoms in total. The van der Waals surface area contributed by atoms with Gasteiger partial charge in [-0.25, -0.2) is 5.14 Å². The summed E-state index contributed by atoms with van der Waals surface area (Å²) in [5, 5.41) is 4.78. The van der Waals surface area contributed by atoms with Gasteiger partial charge in [0.15, 0.2) is 5.75 Å². The number of hydrogen-bond donors (Lipinski definition) is 2. The summed E-state index contributed by atoms with van der Waals surface area (Å²) in [5.41, 5.74) is 3.38. The summed E-state index contributed by atoms with van der Waals surface area (Å²) in [7, 11) is -8.58. The molecule has 0 atom stereocenters. The maximum absolute atomic E-state index is 13.1. The van der Waals surface area contributed by atoms with Gasteiger partial charge in [-0.1, -0.05) is 28.4 Å². The SMILES string of the molecule is CCn1c(CN2Cc3ccccc3C2)ccc(OCC2CCN(S(=O)(=O)NS(N)(=O)=O)CC2)c1=O. The van der Waals surface area contributed by atoms with E-state index < -0.39 is 20.4 Å². The van der Waals surface area contributed by atoms with Crippen LogP contribution < -0.4 is 19.6 Å². The van der Waals surface area contributed by atoms with Crippen molar-refractivity contribution in [3.63, 3.8) is 0 Å². The highest BCUT2D eigenvalue weighted by atomic mass is 32.3. The van der Waals surface area contributed by atoms with Gasteiger partial charge in [0.1, 0.15) is 0 Å². The number of pyridine rings is 1. The fraction of sp³-hybridized carbons (Fsp3) is 0.500. The molecule has 1 aromatic carbocycles.